The highest BCUT2D eigenvalue weighted by molar-refractivity contribution is 5.92. The van der Waals surface area contributed by atoms with E-state index in [1.807, 2.05) is 24.3 Å². The summed E-state index contributed by atoms with van der Waals surface area (Å²) in [6, 6.07) is 11.6. The van der Waals surface area contributed by atoms with E-state index in [0.29, 0.717) is 11.4 Å². The van der Waals surface area contributed by atoms with Crippen molar-refractivity contribution >= 4 is 17.3 Å². The van der Waals surface area contributed by atoms with Crippen molar-refractivity contribution in [2.75, 3.05) is 17.7 Å². The first-order valence-corrected chi connectivity index (χ1v) is 7.34. The first-order valence-electron chi connectivity index (χ1n) is 7.34. The van der Waals surface area contributed by atoms with Gasteiger partial charge in [-0.1, -0.05) is 32.9 Å². The fourth-order valence-corrected chi connectivity index (χ4v) is 2.03. The third kappa shape index (κ3) is 4.71. The van der Waals surface area contributed by atoms with E-state index in [4.69, 9.17) is 10.5 Å². The van der Waals surface area contributed by atoms with E-state index >= 15 is 0 Å². The van der Waals surface area contributed by atoms with Crippen LogP contribution in [0.2, 0.25) is 0 Å². The molecule has 2 aromatic rings. The number of nitrogens with one attached hydrogen (secondary N) is 1. The van der Waals surface area contributed by atoms with Crippen LogP contribution in [-0.2, 0) is 10.2 Å². The van der Waals surface area contributed by atoms with Gasteiger partial charge >= 0.3 is 0 Å². The van der Waals surface area contributed by atoms with Gasteiger partial charge in [-0.3, -0.25) is 4.79 Å². The molecule has 0 radical (unpaired) electrons. The van der Waals surface area contributed by atoms with Crippen LogP contribution in [0.5, 0.6) is 5.75 Å². The number of nitrogen functional groups attached to an aromatic ring is 1. The summed E-state index contributed by atoms with van der Waals surface area (Å²) in [6.45, 7) is 6.16. The molecule has 0 atom stereocenters. The molecular weight excluding hydrogens is 295 g/mol. The molecule has 2 aromatic carbocycles. The van der Waals surface area contributed by atoms with Crippen LogP contribution < -0.4 is 15.8 Å². The van der Waals surface area contributed by atoms with E-state index in [1.165, 1.54) is 23.8 Å². The van der Waals surface area contributed by atoms with Crippen LogP contribution in [0.1, 0.15) is 26.3 Å². The standard InChI is InChI=1S/C18H21FN2O2/c1-18(2,3)12-4-7-14(8-5-12)23-11-17(22)21-16-10-13(20)6-9-15(16)19/h4-10H,11,20H2,1-3H3,(H,21,22). The molecule has 0 fully saturated rings. The number of hydrogen-bond acceptors (Lipinski definition) is 3. The predicted molar refractivity (Wildman–Crippen MR) is 90.1 cm³/mol. The molecule has 1 amide bonds. The van der Waals surface area contributed by atoms with Crippen molar-refractivity contribution in [3.05, 3.63) is 53.8 Å². The smallest absolute Gasteiger partial charge is 0.262 e. The topological polar surface area (TPSA) is 64.3 Å². The number of nitrogens with two attached hydrogens (primary N) is 1. The number of amides is 1. The van der Waals surface area contributed by atoms with Crippen LogP contribution >= 0.6 is 0 Å². The summed E-state index contributed by atoms with van der Waals surface area (Å²) < 4.78 is 19.0. The van der Waals surface area contributed by atoms with Gasteiger partial charge in [0.2, 0.25) is 0 Å². The Morgan fingerprint density at radius 3 is 2.43 bits per heavy atom. The monoisotopic (exact) mass is 316 g/mol. The van der Waals surface area contributed by atoms with Gasteiger partial charge in [0, 0.05) is 5.69 Å². The summed E-state index contributed by atoms with van der Waals surface area (Å²) >= 11 is 0. The van der Waals surface area contributed by atoms with E-state index in [2.05, 4.69) is 26.1 Å². The molecule has 0 saturated carbocycles. The van der Waals surface area contributed by atoms with Gasteiger partial charge in [-0.05, 0) is 41.3 Å². The number of rotatable bonds is 4. The third-order valence-corrected chi connectivity index (χ3v) is 3.35. The molecular formula is C18H21FN2O2. The molecule has 0 aliphatic heterocycles. The zero-order valence-corrected chi connectivity index (χ0v) is 13.5. The Morgan fingerprint density at radius 1 is 1.17 bits per heavy atom. The van der Waals surface area contributed by atoms with E-state index in [9.17, 15) is 9.18 Å². The van der Waals surface area contributed by atoms with Crippen LogP contribution in [-0.4, -0.2) is 12.5 Å². The van der Waals surface area contributed by atoms with Crippen molar-refractivity contribution in [3.63, 3.8) is 0 Å². The zero-order valence-electron chi connectivity index (χ0n) is 13.5. The molecule has 3 N–H and O–H groups in total. The Balaban J connectivity index is 1.93. The molecule has 0 unspecified atom stereocenters. The summed E-state index contributed by atoms with van der Waals surface area (Å²) in [6.07, 6.45) is 0. The number of ether oxygens (including phenoxy) is 1. The van der Waals surface area contributed by atoms with Crippen LogP contribution in [0.15, 0.2) is 42.5 Å². The summed E-state index contributed by atoms with van der Waals surface area (Å²) in [4.78, 5) is 11.8. The highest BCUT2D eigenvalue weighted by Crippen LogP contribution is 2.24. The van der Waals surface area contributed by atoms with E-state index in [1.54, 1.807) is 0 Å². The minimum Gasteiger partial charge on any atom is -0.484 e. The molecule has 0 saturated heterocycles. The molecule has 122 valence electrons. The molecule has 0 bridgehead atoms. The molecule has 23 heavy (non-hydrogen) atoms. The van der Waals surface area contributed by atoms with Crippen molar-refractivity contribution in [2.45, 2.75) is 26.2 Å². The largest absolute Gasteiger partial charge is 0.484 e. The van der Waals surface area contributed by atoms with Gasteiger partial charge in [0.1, 0.15) is 11.6 Å². The highest BCUT2D eigenvalue weighted by atomic mass is 19.1. The van der Waals surface area contributed by atoms with Gasteiger partial charge < -0.3 is 15.8 Å². The lowest BCUT2D eigenvalue weighted by Crippen LogP contribution is -2.21. The lowest BCUT2D eigenvalue weighted by atomic mass is 9.87. The average Bonchev–Trinajstić information content (AvgIpc) is 2.48. The van der Waals surface area contributed by atoms with Crippen molar-refractivity contribution < 1.29 is 13.9 Å². The number of carbonyl (C=O) groups is 1. The fraction of sp³-hybridized carbons (Fsp3) is 0.278. The maximum Gasteiger partial charge on any atom is 0.262 e. The van der Waals surface area contributed by atoms with Gasteiger partial charge in [-0.25, -0.2) is 4.39 Å². The molecule has 0 aliphatic rings. The molecule has 0 spiro atoms. The second-order valence-electron chi connectivity index (χ2n) is 6.35. The second-order valence-corrected chi connectivity index (χ2v) is 6.35. The van der Waals surface area contributed by atoms with Gasteiger partial charge in [0.05, 0.1) is 5.69 Å². The highest BCUT2D eigenvalue weighted by Gasteiger charge is 2.13. The minimum atomic E-state index is -0.540. The van der Waals surface area contributed by atoms with Crippen LogP contribution in [0.3, 0.4) is 0 Å². The van der Waals surface area contributed by atoms with Crippen LogP contribution in [0.25, 0.3) is 0 Å². The van der Waals surface area contributed by atoms with E-state index in [0.717, 1.165) is 0 Å². The van der Waals surface area contributed by atoms with Crippen molar-refractivity contribution in [1.29, 1.82) is 0 Å². The lowest BCUT2D eigenvalue weighted by molar-refractivity contribution is -0.118. The second kappa shape index (κ2) is 6.69. The maximum absolute atomic E-state index is 13.5. The van der Waals surface area contributed by atoms with Crippen LogP contribution in [0, 0.1) is 5.82 Å². The Morgan fingerprint density at radius 2 is 1.83 bits per heavy atom. The summed E-state index contributed by atoms with van der Waals surface area (Å²) in [5, 5.41) is 2.44. The normalized spacial score (nSPS) is 11.1. The van der Waals surface area contributed by atoms with Gasteiger partial charge in [-0.2, -0.15) is 0 Å². The first kappa shape index (κ1) is 16.8. The third-order valence-electron chi connectivity index (χ3n) is 3.35. The van der Waals surface area contributed by atoms with Crippen molar-refractivity contribution in [2.24, 2.45) is 0 Å². The summed E-state index contributed by atoms with van der Waals surface area (Å²) in [7, 11) is 0. The number of carbonyl (C=O) groups excluding carboxylic acids is 1. The predicted octanol–water partition coefficient (Wildman–Crippen LogP) is 3.72. The summed E-state index contributed by atoms with van der Waals surface area (Å²) in [5.74, 6) is -0.405. The Hall–Kier alpha value is -2.56. The minimum absolute atomic E-state index is 0.0432. The molecule has 0 aromatic heterocycles. The Bertz CT molecular complexity index is 691. The quantitative estimate of drug-likeness (QED) is 0.845. The first-order chi connectivity index (χ1) is 10.8. The van der Waals surface area contributed by atoms with E-state index < -0.39 is 11.7 Å². The van der Waals surface area contributed by atoms with Gasteiger partial charge in [0.15, 0.2) is 6.61 Å². The molecule has 2 rings (SSSR count). The maximum atomic E-state index is 13.5. The number of halogens is 1. The van der Waals surface area contributed by atoms with Crippen molar-refractivity contribution in [1.82, 2.24) is 0 Å². The Labute approximate surface area is 135 Å². The number of anilines is 2. The summed E-state index contributed by atoms with van der Waals surface area (Å²) in [5.41, 5.74) is 7.22. The molecule has 0 heterocycles. The van der Waals surface area contributed by atoms with Gasteiger partial charge in [0.25, 0.3) is 5.91 Å². The van der Waals surface area contributed by atoms with Gasteiger partial charge in [-0.15, -0.1) is 0 Å². The fourth-order valence-electron chi connectivity index (χ4n) is 2.03. The number of hydrogen-bond donors (Lipinski definition) is 2. The van der Waals surface area contributed by atoms with Crippen molar-refractivity contribution in [3.8, 4) is 5.75 Å². The SMILES string of the molecule is CC(C)(C)c1ccc(OCC(=O)Nc2cc(N)ccc2F)cc1. The molecule has 4 nitrogen and oxygen atoms in total. The zero-order chi connectivity index (χ0) is 17.0. The van der Waals surface area contributed by atoms with Crippen LogP contribution in [0.4, 0.5) is 15.8 Å². The lowest BCUT2D eigenvalue weighted by Gasteiger charge is -2.19. The Kier molecular flexibility index (Phi) is 4.89. The molecule has 5 heteroatoms. The average molecular weight is 316 g/mol. The molecule has 0 aliphatic carbocycles. The van der Waals surface area contributed by atoms with E-state index in [-0.39, 0.29) is 17.7 Å². The number of benzene rings is 2.